The van der Waals surface area contributed by atoms with Gasteiger partial charge in [-0.3, -0.25) is 0 Å². The number of rotatable bonds is 5. The predicted octanol–water partition coefficient (Wildman–Crippen LogP) is 5.15. The molecular formula is C22H26Cl2N2O. The smallest absolute Gasteiger partial charge is 0.0915 e. The van der Waals surface area contributed by atoms with E-state index in [2.05, 4.69) is 33.9 Å². The number of likely N-dealkylation sites (tertiary alicyclic amines) is 1. The van der Waals surface area contributed by atoms with Gasteiger partial charge in [0.25, 0.3) is 0 Å². The maximum absolute atomic E-state index is 11.2. The van der Waals surface area contributed by atoms with E-state index in [1.807, 2.05) is 36.4 Å². The van der Waals surface area contributed by atoms with Gasteiger partial charge in [0, 0.05) is 28.7 Å². The summed E-state index contributed by atoms with van der Waals surface area (Å²) in [7, 11) is 0. The van der Waals surface area contributed by atoms with Gasteiger partial charge < -0.3 is 14.6 Å². The summed E-state index contributed by atoms with van der Waals surface area (Å²) in [5.74, 6) is 0. The van der Waals surface area contributed by atoms with E-state index < -0.39 is 6.10 Å². The molecule has 3 aromatic rings. The molecular weight excluding hydrogens is 379 g/mol. The number of β-amino-alcohol motifs (C(OH)–C–C–N with tert-alkyl or cyclic N) is 1. The molecule has 1 fully saturated rings. The van der Waals surface area contributed by atoms with Crippen molar-refractivity contribution < 1.29 is 5.11 Å². The van der Waals surface area contributed by atoms with E-state index in [4.69, 9.17) is 11.6 Å². The summed E-state index contributed by atoms with van der Waals surface area (Å²) in [5.41, 5.74) is 2.23. The van der Waals surface area contributed by atoms with Crippen LogP contribution in [0.4, 0.5) is 0 Å². The van der Waals surface area contributed by atoms with Gasteiger partial charge in [0.2, 0.25) is 0 Å². The summed E-state index contributed by atoms with van der Waals surface area (Å²) in [4.78, 5) is 2.40. The van der Waals surface area contributed by atoms with Crippen molar-refractivity contribution in [1.29, 1.82) is 0 Å². The third-order valence-corrected chi connectivity index (χ3v) is 5.62. The second-order valence-electron chi connectivity index (χ2n) is 7.21. The lowest BCUT2D eigenvalue weighted by atomic mass is 9.99. The first kappa shape index (κ1) is 20.2. The quantitative estimate of drug-likeness (QED) is 0.636. The summed E-state index contributed by atoms with van der Waals surface area (Å²) < 4.78 is 2.19. The number of hydrogen-bond donors (Lipinski definition) is 1. The first-order valence-electron chi connectivity index (χ1n) is 9.44. The van der Waals surface area contributed by atoms with E-state index >= 15 is 0 Å². The molecule has 2 atom stereocenters. The largest absolute Gasteiger partial charge is 0.389 e. The number of fused-ring (bicyclic) bond motifs is 1. The van der Waals surface area contributed by atoms with Crippen molar-refractivity contribution in [2.45, 2.75) is 31.4 Å². The average Bonchev–Trinajstić information content (AvgIpc) is 3.06. The summed E-state index contributed by atoms with van der Waals surface area (Å²) in [6, 6.07) is 18.2. The van der Waals surface area contributed by atoms with Crippen LogP contribution in [0.1, 0.15) is 30.9 Å². The number of aromatic nitrogens is 1. The number of aliphatic hydroxyl groups excluding tert-OH is 1. The van der Waals surface area contributed by atoms with E-state index in [1.54, 1.807) is 0 Å². The Labute approximate surface area is 172 Å². The van der Waals surface area contributed by atoms with Crippen LogP contribution in [-0.2, 0) is 0 Å². The fraction of sp³-hybridized carbons (Fsp3) is 0.364. The van der Waals surface area contributed by atoms with Crippen molar-refractivity contribution in [1.82, 2.24) is 9.47 Å². The first-order chi connectivity index (χ1) is 12.7. The van der Waals surface area contributed by atoms with Crippen molar-refractivity contribution in [3.8, 4) is 0 Å². The van der Waals surface area contributed by atoms with Gasteiger partial charge in [0.15, 0.2) is 0 Å². The van der Waals surface area contributed by atoms with Crippen molar-refractivity contribution in [2.24, 2.45) is 0 Å². The number of aliphatic hydroxyl groups is 1. The Balaban J connectivity index is 0.00000210. The third-order valence-electron chi connectivity index (χ3n) is 5.38. The molecule has 0 spiro atoms. The van der Waals surface area contributed by atoms with Crippen molar-refractivity contribution in [3.63, 3.8) is 0 Å². The van der Waals surface area contributed by atoms with E-state index in [1.165, 1.54) is 19.3 Å². The minimum atomic E-state index is -0.471. The van der Waals surface area contributed by atoms with Crippen molar-refractivity contribution in [2.75, 3.05) is 19.6 Å². The molecule has 1 aliphatic heterocycles. The number of halogens is 2. The minimum absolute atomic E-state index is 0. The Bertz CT molecular complexity index is 859. The summed E-state index contributed by atoms with van der Waals surface area (Å²) in [6.45, 7) is 2.87. The second-order valence-corrected chi connectivity index (χ2v) is 7.65. The summed E-state index contributed by atoms with van der Waals surface area (Å²) >= 11 is 6.15. The molecule has 5 heteroatoms. The highest BCUT2D eigenvalue weighted by Crippen LogP contribution is 2.30. The van der Waals surface area contributed by atoms with Gasteiger partial charge in [0.05, 0.1) is 12.1 Å². The standard InChI is InChI=1S/C22H25ClN2O.ClH/c23-19-9-10-20-18(15-19)11-14-25(20)22(17-7-3-1-4-8-17)21(26)16-24-12-5-2-6-13-24;/h1,3-4,7-11,14-15,21-22,26H,2,5-6,12-13,16H2;1H. The first-order valence-corrected chi connectivity index (χ1v) is 9.81. The molecule has 1 aliphatic rings. The van der Waals surface area contributed by atoms with Crippen LogP contribution >= 0.6 is 24.0 Å². The van der Waals surface area contributed by atoms with Crippen molar-refractivity contribution in [3.05, 3.63) is 71.4 Å². The average molecular weight is 405 g/mol. The van der Waals surface area contributed by atoms with Gasteiger partial charge in [0.1, 0.15) is 0 Å². The number of benzene rings is 2. The number of hydrogen-bond acceptors (Lipinski definition) is 2. The minimum Gasteiger partial charge on any atom is -0.389 e. The van der Waals surface area contributed by atoms with Gasteiger partial charge in [-0.15, -0.1) is 12.4 Å². The van der Waals surface area contributed by atoms with Crippen LogP contribution in [0.5, 0.6) is 0 Å². The lowest BCUT2D eigenvalue weighted by Crippen LogP contribution is -2.40. The zero-order valence-electron chi connectivity index (χ0n) is 15.3. The Hall–Kier alpha value is -1.52. The third kappa shape index (κ3) is 4.49. The molecule has 0 radical (unpaired) electrons. The normalized spacial score (nSPS) is 17.4. The predicted molar refractivity (Wildman–Crippen MR) is 115 cm³/mol. The Morgan fingerprint density at radius 1 is 0.963 bits per heavy atom. The van der Waals surface area contributed by atoms with E-state index in [-0.39, 0.29) is 18.4 Å². The molecule has 0 aliphatic carbocycles. The monoisotopic (exact) mass is 404 g/mol. The highest BCUT2D eigenvalue weighted by atomic mass is 35.5. The molecule has 4 rings (SSSR count). The van der Waals surface area contributed by atoms with Gasteiger partial charge in [-0.05, 0) is 55.8 Å². The maximum Gasteiger partial charge on any atom is 0.0915 e. The molecule has 0 saturated carbocycles. The maximum atomic E-state index is 11.2. The fourth-order valence-corrected chi connectivity index (χ4v) is 4.28. The highest BCUT2D eigenvalue weighted by Gasteiger charge is 2.26. The molecule has 1 saturated heterocycles. The molecule has 2 unspecified atom stereocenters. The van der Waals surface area contributed by atoms with Crippen LogP contribution in [0, 0.1) is 0 Å². The molecule has 0 amide bonds. The fourth-order valence-electron chi connectivity index (χ4n) is 4.10. The zero-order chi connectivity index (χ0) is 17.9. The van der Waals surface area contributed by atoms with Gasteiger partial charge in [-0.25, -0.2) is 0 Å². The topological polar surface area (TPSA) is 28.4 Å². The highest BCUT2D eigenvalue weighted by molar-refractivity contribution is 6.31. The lowest BCUT2D eigenvalue weighted by molar-refractivity contribution is 0.0737. The van der Waals surface area contributed by atoms with Crippen molar-refractivity contribution >= 4 is 34.9 Å². The summed E-state index contributed by atoms with van der Waals surface area (Å²) in [5, 5.41) is 13.0. The Kier molecular flexibility index (Phi) is 6.83. The Morgan fingerprint density at radius 2 is 1.70 bits per heavy atom. The summed E-state index contributed by atoms with van der Waals surface area (Å²) in [6.07, 6.45) is 5.36. The van der Waals surface area contributed by atoms with Gasteiger partial charge in [-0.1, -0.05) is 48.4 Å². The van der Waals surface area contributed by atoms with Gasteiger partial charge in [-0.2, -0.15) is 0 Å². The van der Waals surface area contributed by atoms with Crippen LogP contribution in [0.2, 0.25) is 5.02 Å². The van der Waals surface area contributed by atoms with Crippen LogP contribution in [0.25, 0.3) is 10.9 Å². The van der Waals surface area contributed by atoms with Crippen LogP contribution in [0.15, 0.2) is 60.8 Å². The molecule has 1 N–H and O–H groups in total. The molecule has 144 valence electrons. The molecule has 0 bridgehead atoms. The van der Waals surface area contributed by atoms with E-state index in [9.17, 15) is 5.11 Å². The number of piperidine rings is 1. The van der Waals surface area contributed by atoms with Crippen LogP contribution < -0.4 is 0 Å². The number of nitrogens with zero attached hydrogens (tertiary/aromatic N) is 2. The Morgan fingerprint density at radius 3 is 2.44 bits per heavy atom. The molecule has 27 heavy (non-hydrogen) atoms. The SMILES string of the molecule is Cl.OC(CN1CCCCC1)C(c1ccccc1)n1ccc2cc(Cl)ccc21. The molecule has 2 heterocycles. The molecule has 1 aromatic heterocycles. The lowest BCUT2D eigenvalue weighted by Gasteiger charge is -2.33. The van der Waals surface area contributed by atoms with E-state index in [0.717, 1.165) is 34.6 Å². The van der Waals surface area contributed by atoms with E-state index in [0.29, 0.717) is 6.54 Å². The molecule has 2 aromatic carbocycles. The van der Waals surface area contributed by atoms with Crippen LogP contribution in [0.3, 0.4) is 0 Å². The van der Waals surface area contributed by atoms with Crippen LogP contribution in [-0.4, -0.2) is 40.3 Å². The van der Waals surface area contributed by atoms with Gasteiger partial charge >= 0.3 is 0 Å². The molecule has 3 nitrogen and oxygen atoms in total. The zero-order valence-corrected chi connectivity index (χ0v) is 16.9. The second kappa shape index (κ2) is 9.11.